The number of ether oxygens (including phenoxy) is 1. The molecule has 3 heteroatoms. The van der Waals surface area contributed by atoms with Gasteiger partial charge in [-0.05, 0) is 43.7 Å². The van der Waals surface area contributed by atoms with Crippen molar-refractivity contribution in [1.82, 2.24) is 4.98 Å². The minimum Gasteiger partial charge on any atom is -0.489 e. The van der Waals surface area contributed by atoms with Crippen LogP contribution in [0.5, 0.6) is 5.75 Å². The molecule has 1 aromatic carbocycles. The zero-order chi connectivity index (χ0) is 13.0. The number of aryl methyl sites for hydroxylation is 1. The molecule has 0 unspecified atom stereocenters. The summed E-state index contributed by atoms with van der Waals surface area (Å²) in [6, 6.07) is 9.31. The molecule has 0 bridgehead atoms. The van der Waals surface area contributed by atoms with Gasteiger partial charge in [-0.2, -0.15) is 0 Å². The van der Waals surface area contributed by atoms with E-state index in [1.54, 1.807) is 25.4 Å². The maximum absolute atomic E-state index is 11.2. The molecule has 0 spiro atoms. The third-order valence-electron chi connectivity index (χ3n) is 2.70. The number of ketones is 1. The van der Waals surface area contributed by atoms with E-state index in [0.717, 1.165) is 16.9 Å². The van der Waals surface area contributed by atoms with Gasteiger partial charge in [0.2, 0.25) is 0 Å². The highest BCUT2D eigenvalue weighted by molar-refractivity contribution is 5.94. The minimum absolute atomic E-state index is 0.0666. The molecular formula is C15H15NO2. The van der Waals surface area contributed by atoms with E-state index in [4.69, 9.17) is 4.74 Å². The van der Waals surface area contributed by atoms with Crippen molar-refractivity contribution in [2.75, 3.05) is 0 Å². The highest BCUT2D eigenvalue weighted by atomic mass is 16.5. The van der Waals surface area contributed by atoms with Crippen LogP contribution in [0.2, 0.25) is 0 Å². The first-order valence-corrected chi connectivity index (χ1v) is 5.80. The average Bonchev–Trinajstić information content (AvgIpc) is 2.38. The monoisotopic (exact) mass is 241 g/mol. The molecule has 0 aliphatic heterocycles. The fourth-order valence-corrected chi connectivity index (χ4v) is 1.67. The number of rotatable bonds is 4. The van der Waals surface area contributed by atoms with E-state index in [1.807, 2.05) is 31.2 Å². The molecule has 0 aliphatic rings. The summed E-state index contributed by atoms with van der Waals surface area (Å²) >= 11 is 0. The number of benzene rings is 1. The van der Waals surface area contributed by atoms with Crippen molar-refractivity contribution >= 4 is 5.78 Å². The molecule has 1 heterocycles. The molecule has 0 N–H and O–H groups in total. The SMILES string of the molecule is CC(=O)c1ccc(OCc2cccnc2)c(C)c1. The number of nitrogens with zero attached hydrogens (tertiary/aromatic N) is 1. The van der Waals surface area contributed by atoms with Crippen molar-refractivity contribution in [3.8, 4) is 5.75 Å². The number of carbonyl (C=O) groups is 1. The fraction of sp³-hybridized carbons (Fsp3) is 0.200. The van der Waals surface area contributed by atoms with Crippen LogP contribution >= 0.6 is 0 Å². The first-order valence-electron chi connectivity index (χ1n) is 5.80. The zero-order valence-corrected chi connectivity index (χ0v) is 10.5. The van der Waals surface area contributed by atoms with Gasteiger partial charge in [0.25, 0.3) is 0 Å². The van der Waals surface area contributed by atoms with Crippen LogP contribution in [0.3, 0.4) is 0 Å². The number of carbonyl (C=O) groups excluding carboxylic acids is 1. The van der Waals surface area contributed by atoms with Gasteiger partial charge >= 0.3 is 0 Å². The first-order chi connectivity index (χ1) is 8.66. The molecule has 0 fully saturated rings. The van der Waals surface area contributed by atoms with Gasteiger partial charge < -0.3 is 4.74 Å². The van der Waals surface area contributed by atoms with Crippen LogP contribution in [0.25, 0.3) is 0 Å². The zero-order valence-electron chi connectivity index (χ0n) is 10.5. The lowest BCUT2D eigenvalue weighted by molar-refractivity contribution is 0.101. The Morgan fingerprint density at radius 1 is 1.33 bits per heavy atom. The maximum Gasteiger partial charge on any atom is 0.159 e. The number of hydrogen-bond acceptors (Lipinski definition) is 3. The highest BCUT2D eigenvalue weighted by Crippen LogP contribution is 2.20. The lowest BCUT2D eigenvalue weighted by Crippen LogP contribution is -1.99. The van der Waals surface area contributed by atoms with Crippen LogP contribution in [-0.4, -0.2) is 10.8 Å². The summed E-state index contributed by atoms with van der Waals surface area (Å²) in [5.41, 5.74) is 2.69. The maximum atomic E-state index is 11.2. The Kier molecular flexibility index (Phi) is 3.72. The molecule has 3 nitrogen and oxygen atoms in total. The number of aromatic nitrogens is 1. The Labute approximate surface area is 106 Å². The number of hydrogen-bond donors (Lipinski definition) is 0. The Hall–Kier alpha value is -2.16. The summed E-state index contributed by atoms with van der Waals surface area (Å²) in [6.45, 7) is 3.98. The molecule has 0 saturated heterocycles. The van der Waals surface area contributed by atoms with E-state index in [-0.39, 0.29) is 5.78 Å². The Morgan fingerprint density at radius 2 is 2.17 bits per heavy atom. The topological polar surface area (TPSA) is 39.2 Å². The second kappa shape index (κ2) is 5.45. The van der Waals surface area contributed by atoms with Gasteiger partial charge in [0, 0.05) is 23.5 Å². The second-order valence-corrected chi connectivity index (χ2v) is 4.19. The Morgan fingerprint density at radius 3 is 2.78 bits per heavy atom. The van der Waals surface area contributed by atoms with Crippen molar-refractivity contribution in [2.45, 2.75) is 20.5 Å². The number of pyridine rings is 1. The Bertz CT molecular complexity index is 550. The van der Waals surface area contributed by atoms with Crippen molar-refractivity contribution in [2.24, 2.45) is 0 Å². The van der Waals surface area contributed by atoms with Crippen molar-refractivity contribution in [3.63, 3.8) is 0 Å². The van der Waals surface area contributed by atoms with Crippen LogP contribution in [0, 0.1) is 6.92 Å². The standard InChI is InChI=1S/C15H15NO2/c1-11-8-14(12(2)17)5-6-15(11)18-10-13-4-3-7-16-9-13/h3-9H,10H2,1-2H3. The first kappa shape index (κ1) is 12.3. The summed E-state index contributed by atoms with van der Waals surface area (Å²) in [6.07, 6.45) is 3.51. The predicted molar refractivity (Wildman–Crippen MR) is 69.8 cm³/mol. The number of Topliss-reactive ketones (excluding diaryl/α,β-unsaturated/α-hetero) is 1. The summed E-state index contributed by atoms with van der Waals surface area (Å²) in [4.78, 5) is 15.3. The van der Waals surface area contributed by atoms with Gasteiger partial charge in [-0.25, -0.2) is 0 Å². The third-order valence-corrected chi connectivity index (χ3v) is 2.70. The molecule has 2 rings (SSSR count). The predicted octanol–water partition coefficient (Wildman–Crippen LogP) is 3.17. The van der Waals surface area contributed by atoms with Crippen LogP contribution < -0.4 is 4.74 Å². The smallest absolute Gasteiger partial charge is 0.159 e. The Balaban J connectivity index is 2.08. The molecule has 2 aromatic rings. The summed E-state index contributed by atoms with van der Waals surface area (Å²) in [7, 11) is 0. The normalized spacial score (nSPS) is 10.1. The van der Waals surface area contributed by atoms with Crippen molar-refractivity contribution in [1.29, 1.82) is 0 Å². The van der Waals surface area contributed by atoms with E-state index < -0.39 is 0 Å². The summed E-state index contributed by atoms with van der Waals surface area (Å²) in [5.74, 6) is 0.862. The molecule has 0 atom stereocenters. The van der Waals surface area contributed by atoms with Gasteiger partial charge in [-0.1, -0.05) is 6.07 Å². The van der Waals surface area contributed by atoms with E-state index in [2.05, 4.69) is 4.98 Å². The minimum atomic E-state index is 0.0666. The largest absolute Gasteiger partial charge is 0.489 e. The quantitative estimate of drug-likeness (QED) is 0.772. The molecule has 0 aliphatic carbocycles. The van der Waals surface area contributed by atoms with E-state index in [0.29, 0.717) is 12.2 Å². The van der Waals surface area contributed by atoms with E-state index in [1.165, 1.54) is 0 Å². The molecule has 0 radical (unpaired) electrons. The average molecular weight is 241 g/mol. The summed E-state index contributed by atoms with van der Waals surface area (Å²) < 4.78 is 5.71. The van der Waals surface area contributed by atoms with E-state index in [9.17, 15) is 4.79 Å². The highest BCUT2D eigenvalue weighted by Gasteiger charge is 2.04. The molecule has 0 amide bonds. The lowest BCUT2D eigenvalue weighted by atomic mass is 10.1. The molecular weight excluding hydrogens is 226 g/mol. The van der Waals surface area contributed by atoms with Crippen LogP contribution in [0.1, 0.15) is 28.4 Å². The van der Waals surface area contributed by atoms with Gasteiger partial charge in [-0.3, -0.25) is 9.78 Å². The van der Waals surface area contributed by atoms with Gasteiger partial charge in [0.15, 0.2) is 5.78 Å². The molecule has 18 heavy (non-hydrogen) atoms. The fourth-order valence-electron chi connectivity index (χ4n) is 1.67. The molecule has 92 valence electrons. The van der Waals surface area contributed by atoms with Crippen molar-refractivity contribution in [3.05, 3.63) is 59.4 Å². The van der Waals surface area contributed by atoms with Crippen molar-refractivity contribution < 1.29 is 9.53 Å². The van der Waals surface area contributed by atoms with Crippen LogP contribution in [0.4, 0.5) is 0 Å². The van der Waals surface area contributed by atoms with E-state index >= 15 is 0 Å². The third kappa shape index (κ3) is 2.94. The second-order valence-electron chi connectivity index (χ2n) is 4.19. The molecule has 0 saturated carbocycles. The van der Waals surface area contributed by atoms with Crippen LogP contribution in [-0.2, 0) is 6.61 Å². The van der Waals surface area contributed by atoms with Gasteiger partial charge in [0.05, 0.1) is 0 Å². The summed E-state index contributed by atoms with van der Waals surface area (Å²) in [5, 5.41) is 0. The van der Waals surface area contributed by atoms with Gasteiger partial charge in [-0.15, -0.1) is 0 Å². The van der Waals surface area contributed by atoms with Crippen LogP contribution in [0.15, 0.2) is 42.7 Å². The molecule has 1 aromatic heterocycles. The lowest BCUT2D eigenvalue weighted by Gasteiger charge is -2.09. The van der Waals surface area contributed by atoms with Gasteiger partial charge in [0.1, 0.15) is 12.4 Å².